The summed E-state index contributed by atoms with van der Waals surface area (Å²) in [6, 6.07) is 9.47. The monoisotopic (exact) mass is 272 g/mol. The first-order chi connectivity index (χ1) is 8.18. The van der Waals surface area contributed by atoms with Crippen LogP contribution >= 0.6 is 12.4 Å². The predicted octanol–water partition coefficient (Wildman–Crippen LogP) is 1.18. The summed E-state index contributed by atoms with van der Waals surface area (Å²) < 4.78 is 5.04. The minimum Gasteiger partial charge on any atom is -0.461 e. The van der Waals surface area contributed by atoms with Crippen LogP contribution in [0.25, 0.3) is 0 Å². The molecule has 6 heteroatoms. The van der Waals surface area contributed by atoms with E-state index in [9.17, 15) is 9.59 Å². The van der Waals surface area contributed by atoms with Crippen molar-refractivity contribution < 1.29 is 14.3 Å². The van der Waals surface area contributed by atoms with E-state index in [0.29, 0.717) is 6.54 Å². The molecule has 1 aromatic rings. The molecule has 0 aliphatic heterocycles. The number of esters is 1. The van der Waals surface area contributed by atoms with Gasteiger partial charge in [0.05, 0.1) is 6.42 Å². The van der Waals surface area contributed by atoms with Gasteiger partial charge in [0.15, 0.2) is 0 Å². The molecular formula is C12H17ClN2O3. The van der Waals surface area contributed by atoms with Crippen molar-refractivity contribution in [3.05, 3.63) is 35.9 Å². The Labute approximate surface area is 112 Å². The Balaban J connectivity index is 0.00000289. The molecule has 1 amide bonds. The molecule has 0 aliphatic rings. The summed E-state index contributed by atoms with van der Waals surface area (Å²) in [6.07, 6.45) is 0.215. The van der Waals surface area contributed by atoms with E-state index in [1.807, 2.05) is 30.3 Å². The normalized spacial score (nSPS) is 9.17. The number of halogens is 1. The second-order valence-electron chi connectivity index (χ2n) is 3.50. The van der Waals surface area contributed by atoms with E-state index in [1.54, 1.807) is 0 Å². The van der Waals surface area contributed by atoms with Gasteiger partial charge in [-0.3, -0.25) is 15.0 Å². The lowest BCUT2D eigenvalue weighted by molar-refractivity contribution is -0.145. The molecule has 0 aliphatic carbocycles. The standard InChI is InChI=1S/C12H16N2O3.ClH/c1-10(15)14-13-8-7-12(16)17-9-11-5-3-2-4-6-11;/h2-6,13H,7-9H2,1H3,(H,14,15);1H. The Bertz CT molecular complexity index is 371. The first kappa shape index (κ1) is 16.4. The molecule has 1 aromatic carbocycles. The Morgan fingerprint density at radius 1 is 1.22 bits per heavy atom. The zero-order chi connectivity index (χ0) is 12.5. The molecule has 0 aromatic heterocycles. The van der Waals surface area contributed by atoms with Crippen LogP contribution in [-0.4, -0.2) is 18.4 Å². The van der Waals surface area contributed by atoms with E-state index in [1.165, 1.54) is 6.92 Å². The number of ether oxygens (including phenoxy) is 1. The fraction of sp³-hybridized carbons (Fsp3) is 0.333. The Morgan fingerprint density at radius 3 is 2.50 bits per heavy atom. The van der Waals surface area contributed by atoms with E-state index >= 15 is 0 Å². The Morgan fingerprint density at radius 2 is 1.89 bits per heavy atom. The third-order valence-electron chi connectivity index (χ3n) is 1.96. The fourth-order valence-corrected chi connectivity index (χ4v) is 1.16. The van der Waals surface area contributed by atoms with Crippen molar-refractivity contribution in [2.24, 2.45) is 0 Å². The molecule has 0 atom stereocenters. The number of amides is 1. The van der Waals surface area contributed by atoms with Crippen LogP contribution in [0.4, 0.5) is 0 Å². The molecular weight excluding hydrogens is 256 g/mol. The lowest BCUT2D eigenvalue weighted by Crippen LogP contribution is -2.37. The number of carbonyl (C=O) groups is 2. The van der Waals surface area contributed by atoms with Gasteiger partial charge in [0.1, 0.15) is 6.61 Å². The van der Waals surface area contributed by atoms with Gasteiger partial charge in [-0.1, -0.05) is 30.3 Å². The molecule has 0 saturated carbocycles. The Kier molecular flexibility index (Phi) is 8.61. The second-order valence-corrected chi connectivity index (χ2v) is 3.50. The van der Waals surface area contributed by atoms with E-state index in [2.05, 4.69) is 10.9 Å². The predicted molar refractivity (Wildman–Crippen MR) is 69.9 cm³/mol. The topological polar surface area (TPSA) is 67.4 Å². The van der Waals surface area contributed by atoms with Gasteiger partial charge in [0.25, 0.3) is 0 Å². The Hall–Kier alpha value is -1.59. The molecule has 0 radical (unpaired) electrons. The van der Waals surface area contributed by atoms with Gasteiger partial charge in [-0.25, -0.2) is 5.43 Å². The maximum absolute atomic E-state index is 11.3. The van der Waals surface area contributed by atoms with Crippen LogP contribution in [0.5, 0.6) is 0 Å². The molecule has 5 nitrogen and oxygen atoms in total. The van der Waals surface area contributed by atoms with Crippen LogP contribution in [0, 0.1) is 0 Å². The highest BCUT2D eigenvalue weighted by Crippen LogP contribution is 2.01. The summed E-state index contributed by atoms with van der Waals surface area (Å²) in [5, 5.41) is 0. The minimum absolute atomic E-state index is 0. The fourth-order valence-electron chi connectivity index (χ4n) is 1.16. The number of benzene rings is 1. The lowest BCUT2D eigenvalue weighted by Gasteiger charge is -2.06. The first-order valence-electron chi connectivity index (χ1n) is 5.37. The third-order valence-corrected chi connectivity index (χ3v) is 1.96. The summed E-state index contributed by atoms with van der Waals surface area (Å²) in [7, 11) is 0. The van der Waals surface area contributed by atoms with Gasteiger partial charge in [-0.05, 0) is 5.56 Å². The van der Waals surface area contributed by atoms with Crippen LogP contribution in [0.2, 0.25) is 0 Å². The average Bonchev–Trinajstić information content (AvgIpc) is 2.33. The molecule has 18 heavy (non-hydrogen) atoms. The second kappa shape index (κ2) is 9.44. The van der Waals surface area contributed by atoms with Crippen molar-refractivity contribution in [1.82, 2.24) is 10.9 Å². The van der Waals surface area contributed by atoms with Crippen molar-refractivity contribution in [2.75, 3.05) is 6.54 Å². The summed E-state index contributed by atoms with van der Waals surface area (Å²) in [5.41, 5.74) is 5.95. The summed E-state index contributed by atoms with van der Waals surface area (Å²) in [4.78, 5) is 21.8. The van der Waals surface area contributed by atoms with E-state index in [0.717, 1.165) is 5.56 Å². The first-order valence-corrected chi connectivity index (χ1v) is 5.37. The number of hydrogen-bond donors (Lipinski definition) is 2. The highest BCUT2D eigenvalue weighted by molar-refractivity contribution is 5.85. The zero-order valence-corrected chi connectivity index (χ0v) is 11.0. The van der Waals surface area contributed by atoms with Crippen LogP contribution in [0.1, 0.15) is 18.9 Å². The number of hydrazine groups is 1. The number of nitrogens with one attached hydrogen (secondary N) is 2. The molecule has 0 saturated heterocycles. The van der Waals surface area contributed by atoms with Crippen molar-refractivity contribution in [2.45, 2.75) is 20.0 Å². The third kappa shape index (κ3) is 7.65. The van der Waals surface area contributed by atoms with Crippen molar-refractivity contribution in [3.63, 3.8) is 0 Å². The van der Waals surface area contributed by atoms with Crippen LogP contribution in [0.15, 0.2) is 30.3 Å². The molecule has 0 heterocycles. The molecule has 2 N–H and O–H groups in total. The number of rotatable bonds is 6. The van der Waals surface area contributed by atoms with Gasteiger partial charge in [0.2, 0.25) is 5.91 Å². The lowest BCUT2D eigenvalue weighted by atomic mass is 10.2. The van der Waals surface area contributed by atoms with Crippen molar-refractivity contribution >= 4 is 24.3 Å². The molecule has 0 spiro atoms. The molecule has 1 rings (SSSR count). The maximum Gasteiger partial charge on any atom is 0.307 e. The van der Waals surface area contributed by atoms with Crippen LogP contribution < -0.4 is 10.9 Å². The molecule has 100 valence electrons. The van der Waals surface area contributed by atoms with Gasteiger partial charge in [-0.2, -0.15) is 0 Å². The number of carbonyl (C=O) groups excluding carboxylic acids is 2. The van der Waals surface area contributed by atoms with Crippen LogP contribution in [0.3, 0.4) is 0 Å². The highest BCUT2D eigenvalue weighted by Gasteiger charge is 2.02. The molecule has 0 fully saturated rings. The highest BCUT2D eigenvalue weighted by atomic mass is 35.5. The van der Waals surface area contributed by atoms with Crippen molar-refractivity contribution in [3.8, 4) is 0 Å². The van der Waals surface area contributed by atoms with Crippen LogP contribution in [-0.2, 0) is 20.9 Å². The van der Waals surface area contributed by atoms with Gasteiger partial charge in [-0.15, -0.1) is 12.4 Å². The number of hydrogen-bond acceptors (Lipinski definition) is 4. The SMILES string of the molecule is CC(=O)NNCCC(=O)OCc1ccccc1.Cl. The molecule has 0 bridgehead atoms. The summed E-state index contributed by atoms with van der Waals surface area (Å²) in [6.45, 7) is 2.02. The van der Waals surface area contributed by atoms with Gasteiger partial charge in [0, 0.05) is 13.5 Å². The maximum atomic E-state index is 11.3. The smallest absolute Gasteiger partial charge is 0.307 e. The average molecular weight is 273 g/mol. The van der Waals surface area contributed by atoms with Gasteiger partial charge >= 0.3 is 5.97 Å². The minimum atomic E-state index is -0.299. The quantitative estimate of drug-likeness (QED) is 0.464. The van der Waals surface area contributed by atoms with E-state index < -0.39 is 0 Å². The van der Waals surface area contributed by atoms with E-state index in [-0.39, 0.29) is 37.3 Å². The molecule has 0 unspecified atom stereocenters. The summed E-state index contributed by atoms with van der Waals surface area (Å²) in [5.74, 6) is -0.491. The van der Waals surface area contributed by atoms with Crippen molar-refractivity contribution in [1.29, 1.82) is 0 Å². The van der Waals surface area contributed by atoms with E-state index in [4.69, 9.17) is 4.74 Å². The largest absolute Gasteiger partial charge is 0.461 e. The van der Waals surface area contributed by atoms with Gasteiger partial charge < -0.3 is 4.74 Å². The zero-order valence-electron chi connectivity index (χ0n) is 10.1. The summed E-state index contributed by atoms with van der Waals surface area (Å²) >= 11 is 0.